The van der Waals surface area contributed by atoms with Crippen LogP contribution in [0.15, 0.2) is 30.9 Å². The third-order valence-corrected chi connectivity index (χ3v) is 6.89. The van der Waals surface area contributed by atoms with Crippen LogP contribution in [0.4, 0.5) is 0 Å². The van der Waals surface area contributed by atoms with Crippen molar-refractivity contribution in [1.29, 1.82) is 0 Å². The molecule has 1 aromatic carbocycles. The van der Waals surface area contributed by atoms with Gasteiger partial charge in [-0.15, -0.1) is 6.58 Å². The summed E-state index contributed by atoms with van der Waals surface area (Å²) in [7, 11) is 1.73. The lowest BCUT2D eigenvalue weighted by molar-refractivity contribution is -0.128. The fourth-order valence-corrected chi connectivity index (χ4v) is 5.69. The summed E-state index contributed by atoms with van der Waals surface area (Å²) in [6, 6.07) is 6.55. The van der Waals surface area contributed by atoms with Gasteiger partial charge in [-0.05, 0) is 54.9 Å². The summed E-state index contributed by atoms with van der Waals surface area (Å²) in [5.74, 6) is 1.69. The summed E-state index contributed by atoms with van der Waals surface area (Å²) >= 11 is 0. The van der Waals surface area contributed by atoms with Gasteiger partial charge in [0.05, 0.1) is 7.11 Å². The van der Waals surface area contributed by atoms with E-state index in [-0.39, 0.29) is 16.7 Å². The SMILES string of the molecule is C=C[C@]12CC[C@H]3c4ccc(OC)cc4CC[C@@]31CN(C(C)=O)C2. The van der Waals surface area contributed by atoms with Gasteiger partial charge >= 0.3 is 0 Å². The van der Waals surface area contributed by atoms with Crippen molar-refractivity contribution in [3.8, 4) is 5.75 Å². The van der Waals surface area contributed by atoms with Crippen LogP contribution in [0.25, 0.3) is 0 Å². The van der Waals surface area contributed by atoms with Crippen molar-refractivity contribution in [2.24, 2.45) is 10.8 Å². The van der Waals surface area contributed by atoms with Gasteiger partial charge in [0, 0.05) is 30.8 Å². The summed E-state index contributed by atoms with van der Waals surface area (Å²) in [6.07, 6.45) is 6.75. The Kier molecular flexibility index (Phi) is 3.13. The number of fused-ring (bicyclic) bond motifs is 2. The van der Waals surface area contributed by atoms with Crippen molar-refractivity contribution in [1.82, 2.24) is 4.90 Å². The Morgan fingerprint density at radius 3 is 2.91 bits per heavy atom. The smallest absolute Gasteiger partial charge is 0.219 e. The van der Waals surface area contributed by atoms with Gasteiger partial charge in [0.25, 0.3) is 0 Å². The highest BCUT2D eigenvalue weighted by Gasteiger charge is 2.64. The molecule has 122 valence electrons. The lowest BCUT2D eigenvalue weighted by Crippen LogP contribution is -2.41. The van der Waals surface area contributed by atoms with E-state index < -0.39 is 0 Å². The molecule has 3 nitrogen and oxygen atoms in total. The summed E-state index contributed by atoms with van der Waals surface area (Å²) in [4.78, 5) is 14.1. The highest BCUT2D eigenvalue weighted by atomic mass is 16.5. The first-order valence-corrected chi connectivity index (χ1v) is 8.61. The van der Waals surface area contributed by atoms with Crippen LogP contribution in [0.5, 0.6) is 5.75 Å². The Morgan fingerprint density at radius 2 is 2.22 bits per heavy atom. The van der Waals surface area contributed by atoms with Crippen LogP contribution in [-0.4, -0.2) is 31.0 Å². The number of hydrogen-bond donors (Lipinski definition) is 0. The maximum Gasteiger partial charge on any atom is 0.219 e. The highest BCUT2D eigenvalue weighted by molar-refractivity contribution is 5.74. The van der Waals surface area contributed by atoms with E-state index in [4.69, 9.17) is 4.74 Å². The molecule has 1 saturated heterocycles. The maximum atomic E-state index is 12.0. The molecule has 0 aromatic heterocycles. The molecule has 3 heteroatoms. The minimum atomic E-state index is 0.0982. The molecular weight excluding hydrogens is 286 g/mol. The summed E-state index contributed by atoms with van der Waals surface area (Å²) in [6.45, 7) is 7.63. The average molecular weight is 311 g/mol. The second-order valence-electron chi connectivity index (χ2n) is 7.55. The van der Waals surface area contributed by atoms with Gasteiger partial charge in [0.1, 0.15) is 5.75 Å². The van der Waals surface area contributed by atoms with E-state index in [0.29, 0.717) is 5.92 Å². The predicted molar refractivity (Wildman–Crippen MR) is 90.6 cm³/mol. The number of aryl methyl sites for hydroxylation is 1. The number of nitrogens with zero attached hydrogens (tertiary/aromatic N) is 1. The van der Waals surface area contributed by atoms with Crippen molar-refractivity contribution < 1.29 is 9.53 Å². The van der Waals surface area contributed by atoms with Crippen LogP contribution in [0.3, 0.4) is 0 Å². The lowest BCUT2D eigenvalue weighted by Gasteiger charge is -2.45. The van der Waals surface area contributed by atoms with Crippen molar-refractivity contribution >= 4 is 5.91 Å². The highest BCUT2D eigenvalue weighted by Crippen LogP contribution is 2.68. The second kappa shape index (κ2) is 4.86. The first-order valence-electron chi connectivity index (χ1n) is 8.61. The zero-order valence-electron chi connectivity index (χ0n) is 14.1. The van der Waals surface area contributed by atoms with Gasteiger partial charge in [-0.25, -0.2) is 0 Å². The van der Waals surface area contributed by atoms with E-state index in [2.05, 4.69) is 35.8 Å². The minimum Gasteiger partial charge on any atom is -0.497 e. The molecule has 0 radical (unpaired) electrons. The Hall–Kier alpha value is -1.77. The summed E-state index contributed by atoms with van der Waals surface area (Å²) in [5, 5.41) is 0. The summed E-state index contributed by atoms with van der Waals surface area (Å²) < 4.78 is 5.40. The zero-order valence-corrected chi connectivity index (χ0v) is 14.1. The van der Waals surface area contributed by atoms with E-state index in [9.17, 15) is 4.79 Å². The van der Waals surface area contributed by atoms with Crippen molar-refractivity contribution in [2.75, 3.05) is 20.2 Å². The van der Waals surface area contributed by atoms with Gasteiger partial charge in [-0.3, -0.25) is 4.79 Å². The maximum absolute atomic E-state index is 12.0. The van der Waals surface area contributed by atoms with Crippen molar-refractivity contribution in [2.45, 2.75) is 38.5 Å². The van der Waals surface area contributed by atoms with E-state index in [1.807, 2.05) is 0 Å². The molecule has 23 heavy (non-hydrogen) atoms. The standard InChI is InChI=1S/C20H25NO2/c1-4-19-9-8-18-17-6-5-16(23-3)11-15(17)7-10-20(18,19)13-21(12-19)14(2)22/h4-6,11,18H,1,7-10,12-13H2,2-3H3/t18-,19+,20+/m0/s1. The number of rotatable bonds is 2. The number of benzene rings is 1. The molecule has 0 N–H and O–H groups in total. The molecule has 3 atom stereocenters. The monoisotopic (exact) mass is 311 g/mol. The third kappa shape index (κ3) is 1.79. The number of ether oxygens (including phenoxy) is 1. The fourth-order valence-electron chi connectivity index (χ4n) is 5.69. The number of likely N-dealkylation sites (tertiary alicyclic amines) is 1. The largest absolute Gasteiger partial charge is 0.497 e. The normalized spacial score (nSPS) is 34.5. The van der Waals surface area contributed by atoms with Crippen LogP contribution in [0, 0.1) is 10.8 Å². The van der Waals surface area contributed by atoms with Gasteiger partial charge in [-0.1, -0.05) is 12.1 Å². The van der Waals surface area contributed by atoms with E-state index in [0.717, 1.165) is 38.1 Å². The van der Waals surface area contributed by atoms with Crippen LogP contribution in [0.1, 0.15) is 43.2 Å². The molecule has 2 aliphatic carbocycles. The van der Waals surface area contributed by atoms with Crippen LogP contribution < -0.4 is 4.74 Å². The first-order chi connectivity index (χ1) is 11.0. The lowest BCUT2D eigenvalue weighted by atomic mass is 9.57. The molecule has 1 amide bonds. The number of methoxy groups -OCH3 is 1. The number of carbonyl (C=O) groups excluding carboxylic acids is 1. The topological polar surface area (TPSA) is 29.5 Å². The molecular formula is C20H25NO2. The first kappa shape index (κ1) is 14.8. The quantitative estimate of drug-likeness (QED) is 0.782. The zero-order chi connectivity index (χ0) is 16.2. The molecule has 1 aromatic rings. The average Bonchev–Trinajstić information content (AvgIpc) is 3.04. The number of hydrogen-bond acceptors (Lipinski definition) is 2. The molecule has 1 heterocycles. The molecule has 0 bridgehead atoms. The Morgan fingerprint density at radius 1 is 1.39 bits per heavy atom. The van der Waals surface area contributed by atoms with Crippen LogP contribution in [-0.2, 0) is 11.2 Å². The van der Waals surface area contributed by atoms with E-state index in [1.165, 1.54) is 17.5 Å². The Bertz CT molecular complexity index is 682. The van der Waals surface area contributed by atoms with Gasteiger partial charge < -0.3 is 9.64 Å². The Balaban J connectivity index is 1.80. The molecule has 4 rings (SSSR count). The predicted octanol–water partition coefficient (Wildman–Crippen LogP) is 3.54. The molecule has 1 saturated carbocycles. The van der Waals surface area contributed by atoms with Crippen molar-refractivity contribution in [3.05, 3.63) is 42.0 Å². The Labute approximate surface area is 138 Å². The molecule has 3 aliphatic rings. The van der Waals surface area contributed by atoms with Crippen LogP contribution in [0.2, 0.25) is 0 Å². The summed E-state index contributed by atoms with van der Waals surface area (Å²) in [5.41, 5.74) is 3.19. The molecule has 1 spiro atoms. The van der Waals surface area contributed by atoms with Crippen molar-refractivity contribution in [3.63, 3.8) is 0 Å². The van der Waals surface area contributed by atoms with Gasteiger partial charge in [-0.2, -0.15) is 0 Å². The number of carbonyl (C=O) groups is 1. The van der Waals surface area contributed by atoms with E-state index >= 15 is 0 Å². The van der Waals surface area contributed by atoms with Gasteiger partial charge in [0.15, 0.2) is 0 Å². The third-order valence-electron chi connectivity index (χ3n) is 6.89. The van der Waals surface area contributed by atoms with Crippen LogP contribution >= 0.6 is 0 Å². The molecule has 2 fully saturated rings. The minimum absolute atomic E-state index is 0.0982. The second-order valence-corrected chi connectivity index (χ2v) is 7.55. The van der Waals surface area contributed by atoms with E-state index in [1.54, 1.807) is 14.0 Å². The molecule has 1 aliphatic heterocycles. The molecule has 0 unspecified atom stereocenters. The fraction of sp³-hybridized carbons (Fsp3) is 0.550. The van der Waals surface area contributed by atoms with Gasteiger partial charge in [0.2, 0.25) is 5.91 Å². The number of amides is 1.